The molecule has 1 aromatic heterocycles. The van der Waals surface area contributed by atoms with Crippen molar-refractivity contribution in [1.82, 2.24) is 15.1 Å². The number of hydrogen-bond acceptors (Lipinski definition) is 4. The highest BCUT2D eigenvalue weighted by Gasteiger charge is 2.06. The van der Waals surface area contributed by atoms with Gasteiger partial charge in [-0.2, -0.15) is 5.10 Å². The Morgan fingerprint density at radius 1 is 1.62 bits per heavy atom. The molecule has 6 nitrogen and oxygen atoms in total. The van der Waals surface area contributed by atoms with Crippen molar-refractivity contribution >= 4 is 5.91 Å². The lowest BCUT2D eigenvalue weighted by atomic mass is 10.4. The highest BCUT2D eigenvalue weighted by Crippen LogP contribution is 1.86. The fourth-order valence-corrected chi connectivity index (χ4v) is 1.12. The van der Waals surface area contributed by atoms with E-state index in [1.54, 1.807) is 19.9 Å². The summed E-state index contributed by atoms with van der Waals surface area (Å²) < 4.78 is 1.09. The second-order valence-electron chi connectivity index (χ2n) is 3.62. The van der Waals surface area contributed by atoms with E-state index in [0.717, 1.165) is 4.68 Å². The van der Waals surface area contributed by atoms with Crippen LogP contribution in [0.4, 0.5) is 0 Å². The SMILES string of the molecule is Cc1ccc(=O)n(CC(=O)NCC(C)O)n1. The molecule has 0 spiro atoms. The van der Waals surface area contributed by atoms with Crippen molar-refractivity contribution in [3.8, 4) is 0 Å². The van der Waals surface area contributed by atoms with E-state index >= 15 is 0 Å². The second-order valence-corrected chi connectivity index (χ2v) is 3.62. The van der Waals surface area contributed by atoms with E-state index in [0.29, 0.717) is 5.69 Å². The summed E-state index contributed by atoms with van der Waals surface area (Å²) in [6.45, 7) is 3.34. The second kappa shape index (κ2) is 5.41. The maximum absolute atomic E-state index is 11.4. The average Bonchev–Trinajstić information content (AvgIpc) is 2.20. The Labute approximate surface area is 92.9 Å². The van der Waals surface area contributed by atoms with Crippen LogP contribution < -0.4 is 10.9 Å². The van der Waals surface area contributed by atoms with E-state index in [-0.39, 0.29) is 24.6 Å². The van der Waals surface area contributed by atoms with E-state index in [9.17, 15) is 9.59 Å². The van der Waals surface area contributed by atoms with Crippen LogP contribution in [-0.4, -0.2) is 33.4 Å². The van der Waals surface area contributed by atoms with Crippen LogP contribution in [0.15, 0.2) is 16.9 Å². The summed E-state index contributed by atoms with van der Waals surface area (Å²) >= 11 is 0. The lowest BCUT2D eigenvalue weighted by molar-refractivity contribution is -0.122. The van der Waals surface area contributed by atoms with Crippen molar-refractivity contribution in [2.45, 2.75) is 26.5 Å². The van der Waals surface area contributed by atoms with Crippen LogP contribution in [0.25, 0.3) is 0 Å². The molecule has 1 aromatic rings. The van der Waals surface area contributed by atoms with Gasteiger partial charge >= 0.3 is 0 Å². The summed E-state index contributed by atoms with van der Waals surface area (Å²) in [4.78, 5) is 22.7. The van der Waals surface area contributed by atoms with E-state index in [1.807, 2.05) is 0 Å². The van der Waals surface area contributed by atoms with Gasteiger partial charge in [0.2, 0.25) is 5.91 Å². The summed E-state index contributed by atoms with van der Waals surface area (Å²) in [5, 5.41) is 15.4. The lowest BCUT2D eigenvalue weighted by Crippen LogP contribution is -2.36. The third-order valence-electron chi connectivity index (χ3n) is 1.89. The first-order valence-corrected chi connectivity index (χ1v) is 4.98. The Balaban J connectivity index is 2.62. The molecule has 1 atom stereocenters. The summed E-state index contributed by atoms with van der Waals surface area (Å²) in [5.41, 5.74) is 0.348. The Kier molecular flexibility index (Phi) is 4.19. The molecule has 1 rings (SSSR count). The monoisotopic (exact) mass is 225 g/mol. The molecular weight excluding hydrogens is 210 g/mol. The van der Waals surface area contributed by atoms with Gasteiger partial charge in [-0.3, -0.25) is 9.59 Å². The van der Waals surface area contributed by atoms with Crippen molar-refractivity contribution < 1.29 is 9.90 Å². The zero-order valence-corrected chi connectivity index (χ0v) is 9.30. The van der Waals surface area contributed by atoms with Gasteiger partial charge < -0.3 is 10.4 Å². The van der Waals surface area contributed by atoms with E-state index in [1.165, 1.54) is 6.07 Å². The molecule has 16 heavy (non-hydrogen) atoms. The quantitative estimate of drug-likeness (QED) is 0.692. The molecule has 2 N–H and O–H groups in total. The number of aliphatic hydroxyl groups is 1. The Morgan fingerprint density at radius 3 is 2.94 bits per heavy atom. The van der Waals surface area contributed by atoms with Crippen LogP contribution in [0.2, 0.25) is 0 Å². The zero-order valence-electron chi connectivity index (χ0n) is 9.30. The summed E-state index contributed by atoms with van der Waals surface area (Å²) in [6.07, 6.45) is -0.605. The molecule has 0 fully saturated rings. The van der Waals surface area contributed by atoms with Gasteiger partial charge in [0.15, 0.2) is 0 Å². The van der Waals surface area contributed by atoms with Crippen LogP contribution in [0, 0.1) is 6.92 Å². The third-order valence-corrected chi connectivity index (χ3v) is 1.89. The Morgan fingerprint density at radius 2 is 2.31 bits per heavy atom. The molecule has 0 aliphatic heterocycles. The number of carbonyl (C=O) groups excluding carboxylic acids is 1. The normalized spacial score (nSPS) is 12.2. The number of rotatable bonds is 4. The maximum Gasteiger partial charge on any atom is 0.267 e. The molecule has 1 unspecified atom stereocenters. The average molecular weight is 225 g/mol. The van der Waals surface area contributed by atoms with Crippen molar-refractivity contribution in [1.29, 1.82) is 0 Å². The molecule has 6 heteroatoms. The van der Waals surface area contributed by atoms with Crippen molar-refractivity contribution in [3.05, 3.63) is 28.2 Å². The number of aliphatic hydroxyl groups excluding tert-OH is 1. The topological polar surface area (TPSA) is 84.2 Å². The Hall–Kier alpha value is -1.69. The number of nitrogens with zero attached hydrogens (tertiary/aromatic N) is 2. The van der Waals surface area contributed by atoms with Crippen LogP contribution in [-0.2, 0) is 11.3 Å². The molecule has 0 saturated heterocycles. The predicted molar refractivity (Wildman–Crippen MR) is 57.9 cm³/mol. The first-order valence-electron chi connectivity index (χ1n) is 4.98. The standard InChI is InChI=1S/C10H15N3O3/c1-7-3-4-10(16)13(12-7)6-9(15)11-5-8(2)14/h3-4,8,14H,5-6H2,1-2H3,(H,11,15). The number of carbonyl (C=O) groups is 1. The summed E-state index contributed by atoms with van der Waals surface area (Å²) in [5.74, 6) is -0.346. The fourth-order valence-electron chi connectivity index (χ4n) is 1.12. The first kappa shape index (κ1) is 12.4. The molecule has 1 heterocycles. The van der Waals surface area contributed by atoms with E-state index in [2.05, 4.69) is 10.4 Å². The van der Waals surface area contributed by atoms with Crippen molar-refractivity contribution in [2.24, 2.45) is 0 Å². The number of aromatic nitrogens is 2. The third kappa shape index (κ3) is 3.82. The lowest BCUT2D eigenvalue weighted by Gasteiger charge is -2.08. The summed E-state index contributed by atoms with van der Waals surface area (Å²) in [6, 6.07) is 2.96. The molecule has 0 radical (unpaired) electrons. The van der Waals surface area contributed by atoms with Gasteiger partial charge in [0.1, 0.15) is 6.54 Å². The minimum atomic E-state index is -0.605. The van der Waals surface area contributed by atoms with Crippen LogP contribution in [0.3, 0.4) is 0 Å². The van der Waals surface area contributed by atoms with Crippen LogP contribution in [0.1, 0.15) is 12.6 Å². The highest BCUT2D eigenvalue weighted by atomic mass is 16.3. The number of nitrogens with one attached hydrogen (secondary N) is 1. The first-order chi connectivity index (χ1) is 7.49. The van der Waals surface area contributed by atoms with Crippen LogP contribution >= 0.6 is 0 Å². The molecule has 1 amide bonds. The van der Waals surface area contributed by atoms with Crippen molar-refractivity contribution in [2.75, 3.05) is 6.54 Å². The van der Waals surface area contributed by atoms with Gasteiger partial charge in [0, 0.05) is 12.6 Å². The molecule has 0 bridgehead atoms. The minimum Gasteiger partial charge on any atom is -0.392 e. The van der Waals surface area contributed by atoms with E-state index < -0.39 is 6.10 Å². The highest BCUT2D eigenvalue weighted by molar-refractivity contribution is 5.75. The molecule has 0 aromatic carbocycles. The van der Waals surface area contributed by atoms with Gasteiger partial charge in [0.05, 0.1) is 11.8 Å². The van der Waals surface area contributed by atoms with Crippen molar-refractivity contribution in [3.63, 3.8) is 0 Å². The molecule has 0 aliphatic carbocycles. The summed E-state index contributed by atoms with van der Waals surface area (Å²) in [7, 11) is 0. The van der Waals surface area contributed by atoms with Crippen LogP contribution in [0.5, 0.6) is 0 Å². The largest absolute Gasteiger partial charge is 0.392 e. The number of amides is 1. The number of hydrogen-bond donors (Lipinski definition) is 2. The van der Waals surface area contributed by atoms with Gasteiger partial charge in [-0.1, -0.05) is 0 Å². The van der Waals surface area contributed by atoms with Gasteiger partial charge in [0.25, 0.3) is 5.56 Å². The zero-order chi connectivity index (χ0) is 12.1. The van der Waals surface area contributed by atoms with Gasteiger partial charge in [-0.05, 0) is 19.9 Å². The molecule has 88 valence electrons. The minimum absolute atomic E-state index is 0.132. The molecule has 0 saturated carbocycles. The van der Waals surface area contributed by atoms with E-state index in [4.69, 9.17) is 5.11 Å². The smallest absolute Gasteiger partial charge is 0.267 e. The molecule has 0 aliphatic rings. The maximum atomic E-state index is 11.4. The van der Waals surface area contributed by atoms with Gasteiger partial charge in [-0.15, -0.1) is 0 Å². The fraction of sp³-hybridized carbons (Fsp3) is 0.500. The Bertz CT molecular complexity index is 426. The van der Waals surface area contributed by atoms with Gasteiger partial charge in [-0.25, -0.2) is 4.68 Å². The molecular formula is C10H15N3O3. The predicted octanol–water partition coefficient (Wildman–Crippen LogP) is -0.951. The number of aryl methyl sites for hydroxylation is 1.